The highest BCUT2D eigenvalue weighted by molar-refractivity contribution is 5.97. The lowest BCUT2D eigenvalue weighted by molar-refractivity contribution is 0.0706. The SMILES string of the molecule is Cc1cc(Oc2ccnc(NC(O)C3CC3)c2)cc2cc(C(=O)NO)cnc12. The number of aromatic nitrogens is 2. The number of amides is 1. The summed E-state index contributed by atoms with van der Waals surface area (Å²) in [4.78, 5) is 20.1. The number of hydrogen-bond acceptors (Lipinski definition) is 7. The van der Waals surface area contributed by atoms with Crippen LogP contribution in [-0.2, 0) is 0 Å². The first kappa shape index (κ1) is 18.1. The molecule has 0 spiro atoms. The van der Waals surface area contributed by atoms with Gasteiger partial charge in [0.25, 0.3) is 5.91 Å². The fourth-order valence-electron chi connectivity index (χ4n) is 3.02. The molecular formula is C20H20N4O4. The maximum absolute atomic E-state index is 11.6. The predicted molar refractivity (Wildman–Crippen MR) is 102 cm³/mol. The van der Waals surface area contributed by atoms with E-state index in [1.165, 1.54) is 6.20 Å². The quantitative estimate of drug-likeness (QED) is 0.295. The maximum Gasteiger partial charge on any atom is 0.276 e. The molecule has 4 rings (SSSR count). The van der Waals surface area contributed by atoms with Gasteiger partial charge in [-0.05, 0) is 49.6 Å². The van der Waals surface area contributed by atoms with E-state index in [2.05, 4.69) is 15.3 Å². The van der Waals surface area contributed by atoms with E-state index in [1.807, 2.05) is 13.0 Å². The summed E-state index contributed by atoms with van der Waals surface area (Å²) in [6.45, 7) is 1.90. The van der Waals surface area contributed by atoms with Crippen molar-refractivity contribution in [3.8, 4) is 11.5 Å². The molecule has 0 bridgehead atoms. The van der Waals surface area contributed by atoms with Gasteiger partial charge in [0.1, 0.15) is 23.5 Å². The largest absolute Gasteiger partial charge is 0.457 e. The van der Waals surface area contributed by atoms with E-state index in [9.17, 15) is 9.90 Å². The van der Waals surface area contributed by atoms with Crippen molar-refractivity contribution in [2.75, 3.05) is 5.32 Å². The minimum Gasteiger partial charge on any atom is -0.457 e. The second kappa shape index (κ2) is 7.41. The normalized spacial score (nSPS) is 14.5. The molecule has 0 radical (unpaired) electrons. The number of carbonyl (C=O) groups excluding carboxylic acids is 1. The Bertz CT molecular complexity index is 1040. The Hall–Kier alpha value is -3.23. The lowest BCUT2D eigenvalue weighted by Gasteiger charge is -2.14. The number of nitrogens with zero attached hydrogens (tertiary/aromatic N) is 2. The number of aryl methyl sites for hydroxylation is 1. The van der Waals surface area contributed by atoms with Crippen molar-refractivity contribution in [2.24, 2.45) is 5.92 Å². The second-order valence-electron chi connectivity index (χ2n) is 6.88. The summed E-state index contributed by atoms with van der Waals surface area (Å²) >= 11 is 0. The van der Waals surface area contributed by atoms with Crippen LogP contribution in [0.4, 0.5) is 5.82 Å². The monoisotopic (exact) mass is 380 g/mol. The molecule has 1 saturated carbocycles. The van der Waals surface area contributed by atoms with E-state index >= 15 is 0 Å². The van der Waals surface area contributed by atoms with Gasteiger partial charge in [-0.3, -0.25) is 15.0 Å². The maximum atomic E-state index is 11.6. The molecule has 144 valence electrons. The van der Waals surface area contributed by atoms with Gasteiger partial charge in [0, 0.05) is 29.8 Å². The van der Waals surface area contributed by atoms with E-state index < -0.39 is 12.1 Å². The number of aliphatic hydroxyl groups excluding tert-OH is 1. The molecule has 2 heterocycles. The molecule has 1 aliphatic carbocycles. The van der Waals surface area contributed by atoms with Crippen molar-refractivity contribution < 1.29 is 19.8 Å². The Labute approximate surface area is 161 Å². The van der Waals surface area contributed by atoms with Crippen LogP contribution in [0.5, 0.6) is 11.5 Å². The van der Waals surface area contributed by atoms with Crippen LogP contribution in [0.3, 0.4) is 0 Å². The number of carbonyl (C=O) groups is 1. The van der Waals surface area contributed by atoms with Gasteiger partial charge < -0.3 is 15.2 Å². The standard InChI is InChI=1S/C20H20N4O4/c1-11-6-16(8-13-7-14(20(26)24-27)10-22-18(11)13)28-15-4-5-21-17(9-15)23-19(25)12-2-3-12/h4-10,12,19,25,27H,2-3H2,1H3,(H,21,23)(H,24,26). The molecule has 1 unspecified atom stereocenters. The molecule has 1 fully saturated rings. The molecule has 1 aliphatic rings. The first-order valence-electron chi connectivity index (χ1n) is 8.97. The molecule has 3 aromatic rings. The summed E-state index contributed by atoms with van der Waals surface area (Å²) in [6, 6.07) is 8.71. The Morgan fingerprint density at radius 3 is 2.79 bits per heavy atom. The average molecular weight is 380 g/mol. The number of anilines is 1. The van der Waals surface area contributed by atoms with Gasteiger partial charge >= 0.3 is 0 Å². The number of fused-ring (bicyclic) bond motifs is 1. The minimum atomic E-state index is -0.627. The van der Waals surface area contributed by atoms with Crippen molar-refractivity contribution in [3.63, 3.8) is 0 Å². The summed E-state index contributed by atoms with van der Waals surface area (Å²) in [5, 5.41) is 22.5. The summed E-state index contributed by atoms with van der Waals surface area (Å²) in [7, 11) is 0. The zero-order chi connectivity index (χ0) is 19.7. The van der Waals surface area contributed by atoms with Gasteiger partial charge in [-0.25, -0.2) is 10.5 Å². The van der Waals surface area contributed by atoms with E-state index in [1.54, 1.807) is 35.9 Å². The summed E-state index contributed by atoms with van der Waals surface area (Å²) in [5.74, 6) is 1.34. The van der Waals surface area contributed by atoms with Gasteiger partial charge in [0.15, 0.2) is 0 Å². The lowest BCUT2D eigenvalue weighted by atomic mass is 10.1. The Balaban J connectivity index is 1.59. The molecule has 1 atom stereocenters. The first-order valence-corrected chi connectivity index (χ1v) is 8.97. The van der Waals surface area contributed by atoms with E-state index in [4.69, 9.17) is 9.94 Å². The first-order chi connectivity index (χ1) is 13.5. The molecule has 1 aromatic carbocycles. The van der Waals surface area contributed by atoms with Crippen LogP contribution in [0.2, 0.25) is 0 Å². The number of rotatable bonds is 6. The fraction of sp³-hybridized carbons (Fsp3) is 0.250. The molecular weight excluding hydrogens is 360 g/mol. The van der Waals surface area contributed by atoms with Crippen LogP contribution < -0.4 is 15.5 Å². The zero-order valence-electron chi connectivity index (χ0n) is 15.2. The predicted octanol–water partition coefficient (Wildman–Crippen LogP) is 2.99. The average Bonchev–Trinajstić information content (AvgIpc) is 3.52. The molecule has 1 amide bonds. The highest BCUT2D eigenvalue weighted by Crippen LogP contribution is 2.33. The van der Waals surface area contributed by atoms with E-state index in [0.717, 1.165) is 23.9 Å². The molecule has 2 aromatic heterocycles. The number of benzene rings is 1. The fourth-order valence-corrected chi connectivity index (χ4v) is 3.02. The van der Waals surface area contributed by atoms with Crippen molar-refractivity contribution in [1.29, 1.82) is 0 Å². The Morgan fingerprint density at radius 1 is 1.21 bits per heavy atom. The van der Waals surface area contributed by atoms with Crippen LogP contribution >= 0.6 is 0 Å². The third-order valence-corrected chi connectivity index (χ3v) is 4.64. The third-order valence-electron chi connectivity index (χ3n) is 4.64. The number of ether oxygens (including phenoxy) is 1. The molecule has 4 N–H and O–H groups in total. The highest BCUT2D eigenvalue weighted by Gasteiger charge is 2.29. The summed E-state index contributed by atoms with van der Waals surface area (Å²) in [5.41, 5.74) is 3.48. The van der Waals surface area contributed by atoms with Crippen molar-refractivity contribution in [2.45, 2.75) is 26.0 Å². The van der Waals surface area contributed by atoms with E-state index in [-0.39, 0.29) is 11.5 Å². The Kier molecular flexibility index (Phi) is 4.81. The van der Waals surface area contributed by atoms with Gasteiger partial charge in [0.05, 0.1) is 11.1 Å². The minimum absolute atomic E-state index is 0.246. The van der Waals surface area contributed by atoms with Gasteiger partial charge in [-0.15, -0.1) is 0 Å². The smallest absolute Gasteiger partial charge is 0.276 e. The second-order valence-corrected chi connectivity index (χ2v) is 6.88. The van der Waals surface area contributed by atoms with Gasteiger partial charge in [-0.2, -0.15) is 0 Å². The molecule has 0 aliphatic heterocycles. The number of aliphatic hydroxyl groups is 1. The molecule has 28 heavy (non-hydrogen) atoms. The van der Waals surface area contributed by atoms with Crippen LogP contribution in [-0.4, -0.2) is 32.4 Å². The van der Waals surface area contributed by atoms with E-state index in [0.29, 0.717) is 22.7 Å². The van der Waals surface area contributed by atoms with Crippen LogP contribution in [0.15, 0.2) is 42.7 Å². The number of hydroxylamine groups is 1. The number of hydrogen-bond donors (Lipinski definition) is 4. The zero-order valence-corrected chi connectivity index (χ0v) is 15.2. The molecule has 0 saturated heterocycles. The third kappa shape index (κ3) is 3.88. The lowest BCUT2D eigenvalue weighted by Crippen LogP contribution is -2.21. The van der Waals surface area contributed by atoms with Crippen molar-refractivity contribution in [1.82, 2.24) is 15.4 Å². The van der Waals surface area contributed by atoms with Gasteiger partial charge in [0.2, 0.25) is 0 Å². The summed E-state index contributed by atoms with van der Waals surface area (Å²) < 4.78 is 5.95. The topological polar surface area (TPSA) is 117 Å². The number of pyridine rings is 2. The summed E-state index contributed by atoms with van der Waals surface area (Å²) in [6.07, 6.45) is 4.45. The Morgan fingerprint density at radius 2 is 2.04 bits per heavy atom. The molecule has 8 nitrogen and oxygen atoms in total. The van der Waals surface area contributed by atoms with Crippen molar-refractivity contribution in [3.05, 3.63) is 53.9 Å². The van der Waals surface area contributed by atoms with Crippen molar-refractivity contribution >= 4 is 22.6 Å². The molecule has 8 heteroatoms. The highest BCUT2D eigenvalue weighted by atomic mass is 16.5. The van der Waals surface area contributed by atoms with Crippen LogP contribution in [0.25, 0.3) is 10.9 Å². The van der Waals surface area contributed by atoms with Gasteiger partial charge in [-0.1, -0.05) is 0 Å². The van der Waals surface area contributed by atoms with Crippen LogP contribution in [0, 0.1) is 12.8 Å². The number of nitrogens with one attached hydrogen (secondary N) is 2. The van der Waals surface area contributed by atoms with Crippen LogP contribution in [0.1, 0.15) is 28.8 Å².